The lowest BCUT2D eigenvalue weighted by Crippen LogP contribution is -2.26. The fourth-order valence-electron chi connectivity index (χ4n) is 3.04. The topological polar surface area (TPSA) is 71.3 Å². The molecule has 0 fully saturated rings. The Morgan fingerprint density at radius 2 is 1.80 bits per heavy atom. The zero-order chi connectivity index (χ0) is 21.5. The highest BCUT2D eigenvalue weighted by atomic mass is 16.5. The number of rotatable bonds is 7. The molecule has 0 spiro atoms. The van der Waals surface area contributed by atoms with Gasteiger partial charge in [-0.15, -0.1) is 0 Å². The predicted molar refractivity (Wildman–Crippen MR) is 117 cm³/mol. The van der Waals surface area contributed by atoms with E-state index in [-0.39, 0.29) is 5.91 Å². The molecule has 5 nitrogen and oxygen atoms in total. The number of ether oxygens (including phenoxy) is 2. The molecule has 0 aromatic heterocycles. The number of amides is 1. The van der Waals surface area contributed by atoms with Crippen LogP contribution in [-0.2, 0) is 4.79 Å². The molecule has 0 aliphatic heterocycles. The van der Waals surface area contributed by atoms with Crippen molar-refractivity contribution in [2.75, 3.05) is 11.9 Å². The molecule has 0 bridgehead atoms. The highest BCUT2D eigenvalue weighted by molar-refractivity contribution is 5.95. The number of nitrogens with zero attached hydrogens (tertiary/aromatic N) is 1. The molecule has 0 heterocycles. The summed E-state index contributed by atoms with van der Waals surface area (Å²) in [5.74, 6) is 0.541. The third kappa shape index (κ3) is 4.98. The zero-order valence-corrected chi connectivity index (χ0v) is 17.3. The van der Waals surface area contributed by atoms with Gasteiger partial charge in [-0.2, -0.15) is 5.26 Å². The van der Waals surface area contributed by atoms with E-state index < -0.39 is 6.10 Å². The Morgan fingerprint density at radius 3 is 2.50 bits per heavy atom. The van der Waals surface area contributed by atoms with Crippen molar-refractivity contribution < 1.29 is 14.3 Å². The summed E-state index contributed by atoms with van der Waals surface area (Å²) in [5.41, 5.74) is 3.94. The minimum absolute atomic E-state index is 0.290. The highest BCUT2D eigenvalue weighted by Gasteiger charge is 2.25. The summed E-state index contributed by atoms with van der Waals surface area (Å²) >= 11 is 0. The number of hydrogen-bond acceptors (Lipinski definition) is 4. The molecular formula is C25H24N2O3. The molecule has 3 rings (SSSR count). The van der Waals surface area contributed by atoms with Gasteiger partial charge in [0.15, 0.2) is 11.5 Å². The second-order valence-electron chi connectivity index (χ2n) is 6.92. The van der Waals surface area contributed by atoms with Gasteiger partial charge in [0.2, 0.25) is 6.10 Å². The normalized spacial score (nSPS) is 11.3. The van der Waals surface area contributed by atoms with Crippen LogP contribution in [0.25, 0.3) is 0 Å². The van der Waals surface area contributed by atoms with E-state index in [1.807, 2.05) is 69.3 Å². The van der Waals surface area contributed by atoms with E-state index in [4.69, 9.17) is 9.47 Å². The molecule has 0 saturated heterocycles. The van der Waals surface area contributed by atoms with Crippen LogP contribution in [0.1, 0.15) is 35.3 Å². The summed E-state index contributed by atoms with van der Waals surface area (Å²) in [6, 6.07) is 22.2. The van der Waals surface area contributed by atoms with E-state index in [0.29, 0.717) is 29.2 Å². The Labute approximate surface area is 176 Å². The number of nitrogens with one attached hydrogen (secondary N) is 1. The molecule has 0 aliphatic rings. The predicted octanol–water partition coefficient (Wildman–Crippen LogP) is 5.33. The number of aryl methyl sites for hydroxylation is 2. The van der Waals surface area contributed by atoms with Crippen molar-refractivity contribution in [2.45, 2.75) is 26.9 Å². The summed E-state index contributed by atoms with van der Waals surface area (Å²) in [4.78, 5) is 13.2. The quantitative estimate of drug-likeness (QED) is 0.582. The molecule has 0 unspecified atom stereocenters. The molecule has 0 radical (unpaired) electrons. The van der Waals surface area contributed by atoms with Crippen LogP contribution in [-0.4, -0.2) is 12.5 Å². The van der Waals surface area contributed by atoms with Crippen LogP contribution >= 0.6 is 0 Å². The maximum Gasteiger partial charge on any atom is 0.270 e. The summed E-state index contributed by atoms with van der Waals surface area (Å²) in [6.07, 6.45) is -0.891. The number of carbonyl (C=O) groups excluding carboxylic acids is 1. The number of benzene rings is 3. The maximum atomic E-state index is 13.2. The van der Waals surface area contributed by atoms with E-state index >= 15 is 0 Å². The molecule has 152 valence electrons. The Balaban J connectivity index is 1.95. The van der Waals surface area contributed by atoms with Crippen LogP contribution in [0.3, 0.4) is 0 Å². The number of carbonyl (C=O) groups is 1. The Bertz CT molecular complexity index is 1070. The molecule has 5 heteroatoms. The van der Waals surface area contributed by atoms with Crippen molar-refractivity contribution in [1.29, 1.82) is 5.26 Å². The Kier molecular flexibility index (Phi) is 6.71. The van der Waals surface area contributed by atoms with Crippen molar-refractivity contribution in [1.82, 2.24) is 0 Å². The first kappa shape index (κ1) is 20.9. The van der Waals surface area contributed by atoms with Crippen molar-refractivity contribution >= 4 is 11.6 Å². The molecule has 30 heavy (non-hydrogen) atoms. The van der Waals surface area contributed by atoms with Gasteiger partial charge in [0, 0.05) is 17.3 Å². The van der Waals surface area contributed by atoms with Crippen molar-refractivity contribution in [3.63, 3.8) is 0 Å². The molecule has 1 N–H and O–H groups in total. The zero-order valence-electron chi connectivity index (χ0n) is 17.3. The van der Waals surface area contributed by atoms with Gasteiger partial charge in [-0.1, -0.05) is 42.5 Å². The summed E-state index contributed by atoms with van der Waals surface area (Å²) in [5, 5.41) is 12.2. The first-order chi connectivity index (χ1) is 14.5. The van der Waals surface area contributed by atoms with E-state index in [1.54, 1.807) is 18.2 Å². The van der Waals surface area contributed by atoms with Crippen molar-refractivity contribution in [3.05, 3.63) is 89.0 Å². The SMILES string of the molecule is CCOc1cc(C#N)ccc1O[C@@H](C(=O)Nc1cc(C)ccc1C)c1ccccc1. The average Bonchev–Trinajstić information content (AvgIpc) is 2.76. The third-order valence-corrected chi connectivity index (χ3v) is 4.61. The summed E-state index contributed by atoms with van der Waals surface area (Å²) in [7, 11) is 0. The third-order valence-electron chi connectivity index (χ3n) is 4.61. The molecule has 3 aromatic rings. The minimum Gasteiger partial charge on any atom is -0.490 e. The lowest BCUT2D eigenvalue weighted by Gasteiger charge is -2.21. The standard InChI is InChI=1S/C25H24N2O3/c1-4-29-23-15-19(16-26)12-13-22(23)30-24(20-8-6-5-7-9-20)25(28)27-21-14-17(2)10-11-18(21)3/h5-15,24H,4H2,1-3H3,(H,27,28)/t24-/m1/s1. The number of anilines is 1. The second-order valence-corrected chi connectivity index (χ2v) is 6.92. The Morgan fingerprint density at radius 1 is 1.03 bits per heavy atom. The summed E-state index contributed by atoms with van der Waals surface area (Å²) in [6.45, 7) is 6.19. The lowest BCUT2D eigenvalue weighted by molar-refractivity contribution is -0.123. The van der Waals surface area contributed by atoms with Crippen molar-refractivity contribution in [3.8, 4) is 17.6 Å². The van der Waals surface area contributed by atoms with E-state index in [9.17, 15) is 10.1 Å². The van der Waals surface area contributed by atoms with E-state index in [1.165, 1.54) is 0 Å². The smallest absolute Gasteiger partial charge is 0.270 e. The van der Waals surface area contributed by atoms with Gasteiger partial charge in [0.1, 0.15) is 0 Å². The van der Waals surface area contributed by atoms with Crippen LogP contribution in [0.5, 0.6) is 11.5 Å². The van der Waals surface area contributed by atoms with Gasteiger partial charge in [0.05, 0.1) is 18.2 Å². The molecular weight excluding hydrogens is 376 g/mol. The fraction of sp³-hybridized carbons (Fsp3) is 0.200. The van der Waals surface area contributed by atoms with Crippen LogP contribution in [0.15, 0.2) is 66.7 Å². The molecule has 1 atom stereocenters. The van der Waals surface area contributed by atoms with Crippen molar-refractivity contribution in [2.24, 2.45) is 0 Å². The molecule has 1 amide bonds. The fourth-order valence-corrected chi connectivity index (χ4v) is 3.04. The number of hydrogen-bond donors (Lipinski definition) is 1. The first-order valence-electron chi connectivity index (χ1n) is 9.78. The number of nitriles is 1. The highest BCUT2D eigenvalue weighted by Crippen LogP contribution is 2.33. The van der Waals surface area contributed by atoms with Crippen LogP contribution in [0, 0.1) is 25.2 Å². The second kappa shape index (κ2) is 9.62. The van der Waals surface area contributed by atoms with Crippen LogP contribution in [0.4, 0.5) is 5.69 Å². The summed E-state index contributed by atoms with van der Waals surface area (Å²) < 4.78 is 11.8. The first-order valence-corrected chi connectivity index (χ1v) is 9.78. The average molecular weight is 400 g/mol. The molecule has 0 aliphatic carbocycles. The van der Waals surface area contributed by atoms with E-state index in [2.05, 4.69) is 11.4 Å². The van der Waals surface area contributed by atoms with Gasteiger partial charge in [0.25, 0.3) is 5.91 Å². The van der Waals surface area contributed by atoms with Gasteiger partial charge < -0.3 is 14.8 Å². The van der Waals surface area contributed by atoms with E-state index in [0.717, 1.165) is 16.8 Å². The van der Waals surface area contributed by atoms with Crippen LogP contribution in [0.2, 0.25) is 0 Å². The van der Waals surface area contributed by atoms with Gasteiger partial charge in [-0.25, -0.2) is 0 Å². The Hall–Kier alpha value is -3.78. The molecule has 3 aromatic carbocycles. The van der Waals surface area contributed by atoms with Gasteiger partial charge in [-0.3, -0.25) is 4.79 Å². The lowest BCUT2D eigenvalue weighted by atomic mass is 10.1. The van der Waals surface area contributed by atoms with Gasteiger partial charge >= 0.3 is 0 Å². The molecule has 0 saturated carbocycles. The van der Waals surface area contributed by atoms with Gasteiger partial charge in [-0.05, 0) is 50.1 Å². The minimum atomic E-state index is -0.891. The monoisotopic (exact) mass is 400 g/mol. The van der Waals surface area contributed by atoms with Crippen LogP contribution < -0.4 is 14.8 Å². The maximum absolute atomic E-state index is 13.2. The largest absolute Gasteiger partial charge is 0.490 e.